The molecule has 1 heterocycles. The Hall–Kier alpha value is 0.460. The Balaban J connectivity index is 0. The average molecular weight is 189 g/mol. The quantitative estimate of drug-likeness (QED) is 0.538. The van der Waals surface area contributed by atoms with E-state index in [0.29, 0.717) is 0 Å². The first kappa shape index (κ1) is 13.1. The lowest BCUT2D eigenvalue weighted by Gasteiger charge is -2.03. The van der Waals surface area contributed by atoms with Crippen LogP contribution in [0.1, 0.15) is 0 Å². The van der Waals surface area contributed by atoms with E-state index >= 15 is 0 Å². The van der Waals surface area contributed by atoms with Gasteiger partial charge in [-0.1, -0.05) is 0 Å². The molecule has 10 heavy (non-hydrogen) atoms. The second-order valence-corrected chi connectivity index (χ2v) is 2.45. The molecule has 3 nitrogen and oxygen atoms in total. The zero-order chi connectivity index (χ0) is 6.15. The Morgan fingerprint density at radius 1 is 1.40 bits per heavy atom. The molecule has 0 spiro atoms. The number of hydrogen-bond donors (Lipinski definition) is 2. The summed E-state index contributed by atoms with van der Waals surface area (Å²) in [7, 11) is 1.95. The van der Waals surface area contributed by atoms with Gasteiger partial charge in [0.05, 0.1) is 6.10 Å². The first-order chi connectivity index (χ1) is 3.70. The topological polar surface area (TPSA) is 49.5 Å². The van der Waals surface area contributed by atoms with Crippen LogP contribution >= 0.6 is 24.8 Å². The van der Waals surface area contributed by atoms with Gasteiger partial charge in [0.25, 0.3) is 0 Å². The van der Waals surface area contributed by atoms with Crippen LogP contribution in [0.15, 0.2) is 0 Å². The molecule has 0 aliphatic carbocycles. The molecule has 0 amide bonds. The summed E-state index contributed by atoms with van der Waals surface area (Å²) in [4.78, 5) is 2.02. The van der Waals surface area contributed by atoms with E-state index in [9.17, 15) is 0 Å². The highest BCUT2D eigenvalue weighted by atomic mass is 35.5. The van der Waals surface area contributed by atoms with Crippen LogP contribution in [0.5, 0.6) is 0 Å². The molecule has 2 atom stereocenters. The third-order valence-electron chi connectivity index (χ3n) is 1.52. The number of β-amino-alcohol motifs (C(OH)–C–C–N with tert-alkyl or cyclic N) is 1. The highest BCUT2D eigenvalue weighted by molar-refractivity contribution is 5.85. The van der Waals surface area contributed by atoms with Gasteiger partial charge in [-0.05, 0) is 7.05 Å². The van der Waals surface area contributed by atoms with Gasteiger partial charge >= 0.3 is 0 Å². The van der Waals surface area contributed by atoms with Gasteiger partial charge in [-0.3, -0.25) is 0 Å². The van der Waals surface area contributed by atoms with E-state index in [-0.39, 0.29) is 37.0 Å². The SMILES string of the molecule is CN1C[C@@H](N)[C@H](O)C1.Cl.Cl. The van der Waals surface area contributed by atoms with Gasteiger partial charge in [0.1, 0.15) is 0 Å². The summed E-state index contributed by atoms with van der Waals surface area (Å²) in [5.41, 5.74) is 5.48. The summed E-state index contributed by atoms with van der Waals surface area (Å²) in [6, 6.07) is -0.0278. The molecule has 3 N–H and O–H groups in total. The molecule has 0 unspecified atom stereocenters. The van der Waals surface area contributed by atoms with E-state index in [2.05, 4.69) is 0 Å². The summed E-state index contributed by atoms with van der Waals surface area (Å²) in [6.07, 6.45) is -0.306. The molecule has 64 valence electrons. The predicted octanol–water partition coefficient (Wildman–Crippen LogP) is -0.536. The van der Waals surface area contributed by atoms with Crippen molar-refractivity contribution < 1.29 is 5.11 Å². The van der Waals surface area contributed by atoms with Gasteiger partial charge in [-0.15, -0.1) is 24.8 Å². The second-order valence-electron chi connectivity index (χ2n) is 2.45. The minimum absolute atomic E-state index is 0. The van der Waals surface area contributed by atoms with Crippen LogP contribution < -0.4 is 5.73 Å². The van der Waals surface area contributed by atoms with Crippen LogP contribution in [0.25, 0.3) is 0 Å². The van der Waals surface area contributed by atoms with E-state index in [1.807, 2.05) is 11.9 Å². The maximum Gasteiger partial charge on any atom is 0.0830 e. The summed E-state index contributed by atoms with van der Waals surface area (Å²) >= 11 is 0. The number of rotatable bonds is 0. The summed E-state index contributed by atoms with van der Waals surface area (Å²) < 4.78 is 0. The maximum absolute atomic E-state index is 9.00. The summed E-state index contributed by atoms with van der Waals surface area (Å²) in [6.45, 7) is 1.54. The zero-order valence-corrected chi connectivity index (χ0v) is 7.49. The molecule has 1 aliphatic rings. The smallest absolute Gasteiger partial charge is 0.0830 e. The van der Waals surface area contributed by atoms with Crippen molar-refractivity contribution in [2.24, 2.45) is 5.73 Å². The van der Waals surface area contributed by atoms with E-state index in [1.54, 1.807) is 0 Å². The highest BCUT2D eigenvalue weighted by Gasteiger charge is 2.24. The van der Waals surface area contributed by atoms with E-state index in [1.165, 1.54) is 0 Å². The molecule has 0 aromatic rings. The van der Waals surface area contributed by atoms with Crippen LogP contribution in [-0.2, 0) is 0 Å². The molecule has 5 heteroatoms. The molecule has 1 saturated heterocycles. The van der Waals surface area contributed by atoms with Crippen LogP contribution in [0.2, 0.25) is 0 Å². The molecule has 0 bridgehead atoms. The number of hydrogen-bond acceptors (Lipinski definition) is 3. The number of likely N-dealkylation sites (tertiary alicyclic amines) is 1. The fourth-order valence-corrected chi connectivity index (χ4v) is 1.01. The Bertz CT molecular complexity index is 83.7. The number of nitrogens with zero attached hydrogens (tertiary/aromatic N) is 1. The van der Waals surface area contributed by atoms with Gasteiger partial charge in [0, 0.05) is 19.1 Å². The molecule has 0 aromatic carbocycles. The fraction of sp³-hybridized carbons (Fsp3) is 1.00. The number of halogens is 2. The third kappa shape index (κ3) is 3.03. The predicted molar refractivity (Wildman–Crippen MR) is 46.0 cm³/mol. The van der Waals surface area contributed by atoms with Gasteiger partial charge in [-0.2, -0.15) is 0 Å². The number of aliphatic hydroxyl groups is 1. The molecular formula is C5H14Cl2N2O. The maximum atomic E-state index is 9.00. The minimum atomic E-state index is -0.306. The highest BCUT2D eigenvalue weighted by Crippen LogP contribution is 2.03. The van der Waals surface area contributed by atoms with Crippen molar-refractivity contribution in [1.29, 1.82) is 0 Å². The molecule has 1 aliphatic heterocycles. The molecule has 1 fully saturated rings. The van der Waals surface area contributed by atoms with Gasteiger partial charge < -0.3 is 15.7 Å². The monoisotopic (exact) mass is 188 g/mol. The molecular weight excluding hydrogens is 175 g/mol. The van der Waals surface area contributed by atoms with Crippen molar-refractivity contribution in [3.8, 4) is 0 Å². The van der Waals surface area contributed by atoms with Crippen molar-refractivity contribution in [3.05, 3.63) is 0 Å². The van der Waals surface area contributed by atoms with Crippen molar-refractivity contribution in [2.45, 2.75) is 12.1 Å². The fourth-order valence-electron chi connectivity index (χ4n) is 1.01. The molecule has 1 rings (SSSR count). The zero-order valence-electron chi connectivity index (χ0n) is 5.86. The molecule has 0 aromatic heterocycles. The number of aliphatic hydroxyl groups excluding tert-OH is 1. The third-order valence-corrected chi connectivity index (χ3v) is 1.52. The van der Waals surface area contributed by atoms with Crippen molar-refractivity contribution >= 4 is 24.8 Å². The van der Waals surface area contributed by atoms with Gasteiger partial charge in [-0.25, -0.2) is 0 Å². The lowest BCUT2D eigenvalue weighted by Crippen LogP contribution is -2.32. The Morgan fingerprint density at radius 3 is 2.00 bits per heavy atom. The van der Waals surface area contributed by atoms with Gasteiger partial charge in [0.2, 0.25) is 0 Å². The van der Waals surface area contributed by atoms with Crippen molar-refractivity contribution in [3.63, 3.8) is 0 Å². The lowest BCUT2D eigenvalue weighted by molar-refractivity contribution is 0.169. The van der Waals surface area contributed by atoms with E-state index in [0.717, 1.165) is 13.1 Å². The van der Waals surface area contributed by atoms with Crippen LogP contribution in [0.4, 0.5) is 0 Å². The minimum Gasteiger partial charge on any atom is -0.390 e. The van der Waals surface area contributed by atoms with Crippen molar-refractivity contribution in [1.82, 2.24) is 4.90 Å². The molecule has 0 radical (unpaired) electrons. The van der Waals surface area contributed by atoms with E-state index < -0.39 is 0 Å². The molecule has 0 saturated carbocycles. The second kappa shape index (κ2) is 5.16. The standard InChI is InChI=1S/C5H12N2O.2ClH/c1-7-2-4(6)5(8)3-7;;/h4-5,8H,2-3,6H2,1H3;2*1H/t4-,5-;;/m1../s1. The Kier molecular flexibility index (Phi) is 6.74. The summed E-state index contributed by atoms with van der Waals surface area (Å²) in [5, 5.41) is 9.00. The Morgan fingerprint density at radius 2 is 1.90 bits per heavy atom. The normalized spacial score (nSPS) is 32.7. The van der Waals surface area contributed by atoms with Crippen LogP contribution in [0.3, 0.4) is 0 Å². The van der Waals surface area contributed by atoms with Crippen molar-refractivity contribution in [2.75, 3.05) is 20.1 Å². The largest absolute Gasteiger partial charge is 0.390 e. The number of likely N-dealkylation sites (N-methyl/N-ethyl adjacent to an activating group) is 1. The number of nitrogens with two attached hydrogens (primary N) is 1. The summed E-state index contributed by atoms with van der Waals surface area (Å²) in [5.74, 6) is 0. The Labute approximate surface area is 73.4 Å². The first-order valence-electron chi connectivity index (χ1n) is 2.82. The average Bonchev–Trinajstić information content (AvgIpc) is 1.85. The lowest BCUT2D eigenvalue weighted by atomic mass is 10.2. The van der Waals surface area contributed by atoms with Crippen LogP contribution in [0, 0.1) is 0 Å². The van der Waals surface area contributed by atoms with E-state index in [4.69, 9.17) is 10.8 Å². The van der Waals surface area contributed by atoms with Crippen LogP contribution in [-0.4, -0.2) is 42.3 Å². The first-order valence-corrected chi connectivity index (χ1v) is 2.82. The van der Waals surface area contributed by atoms with Gasteiger partial charge in [0.15, 0.2) is 0 Å².